The van der Waals surface area contributed by atoms with E-state index in [1.54, 1.807) is 0 Å². The number of ether oxygens (including phenoxy) is 1. The number of hydrogen-bond acceptors (Lipinski definition) is 4. The number of carbonyl (C=O) groups excluding carboxylic acids is 1. The first-order valence-electron chi connectivity index (χ1n) is 5.95. The van der Waals surface area contributed by atoms with Crippen LogP contribution in [0.3, 0.4) is 0 Å². The van der Waals surface area contributed by atoms with E-state index in [1.165, 1.54) is 26.0 Å². The average Bonchev–Trinajstić information content (AvgIpc) is 2.31. The maximum Gasteiger partial charge on any atom is 0.387 e. The number of sulfonamides is 1. The molecule has 0 heterocycles. The lowest BCUT2D eigenvalue weighted by Crippen LogP contribution is -2.31. The van der Waals surface area contributed by atoms with Gasteiger partial charge in [-0.2, -0.15) is 8.78 Å². The molecule has 3 N–H and O–H groups in total. The number of nitrogens with one attached hydrogen (secondary N) is 1. The fraction of sp³-hybridized carbons (Fsp3) is 0.417. The summed E-state index contributed by atoms with van der Waals surface area (Å²) in [6.45, 7) is -0.0141. The van der Waals surface area contributed by atoms with Crippen molar-refractivity contribution in [2.75, 3.05) is 12.3 Å². The summed E-state index contributed by atoms with van der Waals surface area (Å²) in [7, 11) is -3.66. The molecule has 0 fully saturated rings. The van der Waals surface area contributed by atoms with Gasteiger partial charge in [-0.25, -0.2) is 13.6 Å². The molecule has 0 aromatic heterocycles. The highest BCUT2D eigenvalue weighted by Gasteiger charge is 2.15. The summed E-state index contributed by atoms with van der Waals surface area (Å²) in [4.78, 5) is 11.8. The third-order valence-corrected chi connectivity index (χ3v) is 3.37. The summed E-state index contributed by atoms with van der Waals surface area (Å²) < 4.78 is 50.4. The maximum absolute atomic E-state index is 12.2. The van der Waals surface area contributed by atoms with Crippen LogP contribution in [0, 0.1) is 13.8 Å². The average molecular weight is 322 g/mol. The van der Waals surface area contributed by atoms with Crippen molar-refractivity contribution in [3.63, 3.8) is 0 Å². The van der Waals surface area contributed by atoms with Gasteiger partial charge < -0.3 is 10.1 Å². The van der Waals surface area contributed by atoms with Gasteiger partial charge in [0.1, 0.15) is 5.75 Å². The zero-order chi connectivity index (χ0) is 16.2. The molecule has 0 aliphatic carbocycles. The minimum absolute atomic E-state index is 0.0195. The van der Waals surface area contributed by atoms with Crippen LogP contribution in [0.4, 0.5) is 8.78 Å². The summed E-state index contributed by atoms with van der Waals surface area (Å²) in [6, 6.07) is 2.77. The second-order valence-corrected chi connectivity index (χ2v) is 6.17. The Kier molecular flexibility index (Phi) is 5.62. The molecule has 9 heteroatoms. The summed E-state index contributed by atoms with van der Waals surface area (Å²) in [6.07, 6.45) is 0. The molecule has 0 atom stereocenters. The number of amides is 1. The van der Waals surface area contributed by atoms with Crippen molar-refractivity contribution in [3.05, 3.63) is 28.8 Å². The zero-order valence-electron chi connectivity index (χ0n) is 11.5. The highest BCUT2D eigenvalue weighted by atomic mass is 32.2. The Balaban J connectivity index is 2.82. The van der Waals surface area contributed by atoms with Crippen LogP contribution in [0.2, 0.25) is 0 Å². The lowest BCUT2D eigenvalue weighted by atomic mass is 10.1. The molecule has 1 rings (SSSR count). The fourth-order valence-electron chi connectivity index (χ4n) is 1.77. The van der Waals surface area contributed by atoms with Crippen LogP contribution < -0.4 is 15.2 Å². The van der Waals surface area contributed by atoms with Gasteiger partial charge in [-0.1, -0.05) is 0 Å². The van der Waals surface area contributed by atoms with Crippen LogP contribution in [0.25, 0.3) is 0 Å². The number of carbonyl (C=O) groups is 1. The molecule has 0 aliphatic heterocycles. The van der Waals surface area contributed by atoms with Gasteiger partial charge in [-0.15, -0.1) is 0 Å². The molecule has 0 unspecified atom stereocenters. The third kappa shape index (κ3) is 5.64. The quantitative estimate of drug-likeness (QED) is 0.813. The number of halogens is 2. The second kappa shape index (κ2) is 6.81. The lowest BCUT2D eigenvalue weighted by Gasteiger charge is -2.13. The second-order valence-electron chi connectivity index (χ2n) is 4.44. The molecule has 0 spiro atoms. The molecule has 6 nitrogen and oxygen atoms in total. The van der Waals surface area contributed by atoms with Crippen molar-refractivity contribution in [1.82, 2.24) is 5.32 Å². The van der Waals surface area contributed by atoms with Crippen LogP contribution in [0.1, 0.15) is 21.5 Å². The van der Waals surface area contributed by atoms with Gasteiger partial charge in [-0.05, 0) is 37.1 Å². The minimum Gasteiger partial charge on any atom is -0.434 e. The molecular weight excluding hydrogens is 306 g/mol. The number of nitrogens with two attached hydrogens (primary N) is 1. The monoisotopic (exact) mass is 322 g/mol. The van der Waals surface area contributed by atoms with Gasteiger partial charge >= 0.3 is 6.61 Å². The SMILES string of the molecule is Cc1cc(C(=O)NCCS(N)(=O)=O)cc(C)c1OC(F)F. The van der Waals surface area contributed by atoms with Gasteiger partial charge in [0.25, 0.3) is 5.91 Å². The molecule has 1 amide bonds. The molecule has 0 bridgehead atoms. The van der Waals surface area contributed by atoms with E-state index < -0.39 is 22.5 Å². The Bertz CT molecular complexity index is 609. The predicted molar refractivity (Wildman–Crippen MR) is 72.9 cm³/mol. The van der Waals surface area contributed by atoms with E-state index in [1.807, 2.05) is 0 Å². The maximum atomic E-state index is 12.2. The van der Waals surface area contributed by atoms with Crippen molar-refractivity contribution in [1.29, 1.82) is 0 Å². The fourth-order valence-corrected chi connectivity index (χ4v) is 2.15. The molecule has 1 aromatic carbocycles. The Morgan fingerprint density at radius 3 is 2.29 bits per heavy atom. The topological polar surface area (TPSA) is 98.5 Å². The van der Waals surface area contributed by atoms with E-state index in [2.05, 4.69) is 10.1 Å². The van der Waals surface area contributed by atoms with Crippen molar-refractivity contribution >= 4 is 15.9 Å². The molecule has 21 heavy (non-hydrogen) atoms. The summed E-state index contributed by atoms with van der Waals surface area (Å²) in [5.74, 6) is -0.886. The molecule has 0 aliphatic rings. The van der Waals surface area contributed by atoms with Crippen molar-refractivity contribution in [3.8, 4) is 5.75 Å². The Labute approximate surface area is 121 Å². The van der Waals surface area contributed by atoms with Gasteiger partial charge in [0.05, 0.1) is 5.75 Å². The van der Waals surface area contributed by atoms with Crippen LogP contribution in [-0.4, -0.2) is 33.2 Å². The Morgan fingerprint density at radius 1 is 1.33 bits per heavy atom. The first-order chi connectivity index (χ1) is 9.60. The first kappa shape index (κ1) is 17.3. The van der Waals surface area contributed by atoms with E-state index in [-0.39, 0.29) is 23.6 Å². The van der Waals surface area contributed by atoms with E-state index in [9.17, 15) is 22.0 Å². The van der Waals surface area contributed by atoms with Crippen LogP contribution in [-0.2, 0) is 10.0 Å². The summed E-state index contributed by atoms with van der Waals surface area (Å²) in [5.41, 5.74) is 0.986. The molecule has 118 valence electrons. The number of hydrogen-bond donors (Lipinski definition) is 2. The Morgan fingerprint density at radius 2 is 1.86 bits per heavy atom. The molecular formula is C12H16F2N2O4S. The van der Waals surface area contributed by atoms with Crippen LogP contribution in [0.15, 0.2) is 12.1 Å². The number of alkyl halides is 2. The molecule has 0 saturated heterocycles. The first-order valence-corrected chi connectivity index (χ1v) is 7.66. The summed E-state index contributed by atoms with van der Waals surface area (Å²) in [5, 5.41) is 7.19. The summed E-state index contributed by atoms with van der Waals surface area (Å²) >= 11 is 0. The lowest BCUT2D eigenvalue weighted by molar-refractivity contribution is -0.0507. The molecule has 0 saturated carbocycles. The largest absolute Gasteiger partial charge is 0.434 e. The standard InChI is InChI=1S/C12H16F2N2O4S/c1-7-5-9(6-8(2)10(7)20-12(13)14)11(17)16-3-4-21(15,18)19/h5-6,12H,3-4H2,1-2H3,(H,16,17)(H2,15,18,19). The highest BCUT2D eigenvalue weighted by Crippen LogP contribution is 2.26. The smallest absolute Gasteiger partial charge is 0.387 e. The van der Waals surface area contributed by atoms with E-state index in [0.717, 1.165) is 0 Å². The minimum atomic E-state index is -3.66. The predicted octanol–water partition coefficient (Wildman–Crippen LogP) is 0.923. The zero-order valence-corrected chi connectivity index (χ0v) is 12.3. The van der Waals surface area contributed by atoms with Gasteiger partial charge in [-0.3, -0.25) is 4.79 Å². The van der Waals surface area contributed by atoms with Crippen LogP contribution >= 0.6 is 0 Å². The van der Waals surface area contributed by atoms with Gasteiger partial charge in [0.15, 0.2) is 0 Å². The number of rotatable bonds is 6. The van der Waals surface area contributed by atoms with Gasteiger partial charge in [0.2, 0.25) is 10.0 Å². The Hall–Kier alpha value is -1.74. The molecule has 1 aromatic rings. The van der Waals surface area contributed by atoms with E-state index >= 15 is 0 Å². The van der Waals surface area contributed by atoms with Crippen molar-refractivity contribution in [2.24, 2.45) is 5.14 Å². The van der Waals surface area contributed by atoms with E-state index in [4.69, 9.17) is 5.14 Å². The number of primary sulfonamides is 1. The van der Waals surface area contributed by atoms with Gasteiger partial charge in [0, 0.05) is 12.1 Å². The number of aryl methyl sites for hydroxylation is 2. The number of benzene rings is 1. The van der Waals surface area contributed by atoms with Crippen molar-refractivity contribution < 1.29 is 26.7 Å². The molecule has 0 radical (unpaired) electrons. The highest BCUT2D eigenvalue weighted by molar-refractivity contribution is 7.89. The van der Waals surface area contributed by atoms with E-state index in [0.29, 0.717) is 11.1 Å². The van der Waals surface area contributed by atoms with Crippen molar-refractivity contribution in [2.45, 2.75) is 20.5 Å². The van der Waals surface area contributed by atoms with Crippen LogP contribution in [0.5, 0.6) is 5.75 Å². The third-order valence-electron chi connectivity index (χ3n) is 2.60. The normalized spacial score (nSPS) is 11.5.